The standard InChI is InChI=1S/C22H24ClN3O6S/c1-26(18-10-5-7-16(23)13-18)33(30,31)19-11-4-6-15(12-19)21(28)32-14-20(27)25-22(29)24-17-8-2-3-9-17/h4-7,10-13,17H,2-3,8-9,14H2,1H3,(H2,24,25,27,29). The molecule has 2 N–H and O–H groups in total. The minimum atomic E-state index is -3.99. The first kappa shape index (κ1) is 24.5. The molecular formula is C22H24ClN3O6S. The second-order valence-corrected chi connectivity index (χ2v) is 9.97. The van der Waals surface area contributed by atoms with Crippen molar-refractivity contribution in [1.82, 2.24) is 10.6 Å². The van der Waals surface area contributed by atoms with Crippen LogP contribution in [0.25, 0.3) is 0 Å². The van der Waals surface area contributed by atoms with Crippen LogP contribution >= 0.6 is 11.6 Å². The third kappa shape index (κ3) is 6.45. The van der Waals surface area contributed by atoms with Crippen LogP contribution in [0.15, 0.2) is 53.4 Å². The van der Waals surface area contributed by atoms with Crippen LogP contribution < -0.4 is 14.9 Å². The summed E-state index contributed by atoms with van der Waals surface area (Å²) in [6.45, 7) is -0.684. The van der Waals surface area contributed by atoms with Crippen LogP contribution in [-0.2, 0) is 19.6 Å². The molecule has 2 aromatic rings. The molecule has 1 fully saturated rings. The number of rotatable bonds is 7. The van der Waals surface area contributed by atoms with Gasteiger partial charge in [0.25, 0.3) is 15.9 Å². The number of anilines is 1. The molecule has 176 valence electrons. The van der Waals surface area contributed by atoms with Crippen LogP contribution in [0.1, 0.15) is 36.0 Å². The Kier molecular flexibility index (Phi) is 7.93. The van der Waals surface area contributed by atoms with E-state index in [4.69, 9.17) is 16.3 Å². The van der Waals surface area contributed by atoms with E-state index in [0.29, 0.717) is 10.7 Å². The number of nitrogens with zero attached hydrogens (tertiary/aromatic N) is 1. The van der Waals surface area contributed by atoms with Gasteiger partial charge in [-0.2, -0.15) is 0 Å². The molecule has 0 bridgehead atoms. The summed E-state index contributed by atoms with van der Waals surface area (Å²) in [5.74, 6) is -1.69. The Hall–Kier alpha value is -3.11. The molecule has 0 aromatic heterocycles. The van der Waals surface area contributed by atoms with Crippen molar-refractivity contribution in [3.63, 3.8) is 0 Å². The minimum Gasteiger partial charge on any atom is -0.452 e. The third-order valence-electron chi connectivity index (χ3n) is 5.18. The highest BCUT2D eigenvalue weighted by Crippen LogP contribution is 2.25. The Morgan fingerprint density at radius 2 is 1.79 bits per heavy atom. The predicted octanol–water partition coefficient (Wildman–Crippen LogP) is 3.09. The number of hydrogen-bond acceptors (Lipinski definition) is 6. The number of sulfonamides is 1. The van der Waals surface area contributed by atoms with Crippen LogP contribution in [0.3, 0.4) is 0 Å². The number of nitrogens with one attached hydrogen (secondary N) is 2. The highest BCUT2D eigenvalue weighted by Gasteiger charge is 2.23. The lowest BCUT2D eigenvalue weighted by Gasteiger charge is -2.20. The van der Waals surface area contributed by atoms with Crippen molar-refractivity contribution in [3.8, 4) is 0 Å². The molecule has 3 rings (SSSR count). The molecular weight excluding hydrogens is 470 g/mol. The lowest BCUT2D eigenvalue weighted by atomic mass is 10.2. The monoisotopic (exact) mass is 493 g/mol. The molecule has 11 heteroatoms. The fourth-order valence-corrected chi connectivity index (χ4v) is 4.84. The fraction of sp³-hybridized carbons (Fsp3) is 0.318. The zero-order valence-corrected chi connectivity index (χ0v) is 19.5. The van der Waals surface area contributed by atoms with Crippen molar-refractivity contribution in [1.29, 1.82) is 0 Å². The molecule has 0 spiro atoms. The highest BCUT2D eigenvalue weighted by molar-refractivity contribution is 7.92. The normalized spacial score (nSPS) is 13.9. The summed E-state index contributed by atoms with van der Waals surface area (Å²) < 4.78 is 31.9. The predicted molar refractivity (Wildman–Crippen MR) is 123 cm³/mol. The number of carbonyl (C=O) groups is 3. The first-order valence-electron chi connectivity index (χ1n) is 10.3. The minimum absolute atomic E-state index is 0.0371. The molecule has 33 heavy (non-hydrogen) atoms. The maximum Gasteiger partial charge on any atom is 0.338 e. The SMILES string of the molecule is CN(c1cccc(Cl)c1)S(=O)(=O)c1cccc(C(=O)OCC(=O)NC(=O)NC2CCCC2)c1. The molecule has 0 unspecified atom stereocenters. The maximum atomic E-state index is 13.0. The van der Waals surface area contributed by atoms with Crippen molar-refractivity contribution in [2.45, 2.75) is 36.6 Å². The summed E-state index contributed by atoms with van der Waals surface area (Å²) >= 11 is 5.95. The van der Waals surface area contributed by atoms with Gasteiger partial charge in [-0.1, -0.05) is 36.6 Å². The van der Waals surface area contributed by atoms with Crippen molar-refractivity contribution in [2.75, 3.05) is 18.0 Å². The smallest absolute Gasteiger partial charge is 0.338 e. The Morgan fingerprint density at radius 3 is 2.48 bits per heavy atom. The van der Waals surface area contributed by atoms with E-state index < -0.39 is 34.5 Å². The van der Waals surface area contributed by atoms with Gasteiger partial charge < -0.3 is 10.1 Å². The lowest BCUT2D eigenvalue weighted by molar-refractivity contribution is -0.123. The number of carbonyl (C=O) groups excluding carboxylic acids is 3. The number of ether oxygens (including phenoxy) is 1. The molecule has 9 nitrogen and oxygen atoms in total. The molecule has 1 aliphatic rings. The summed E-state index contributed by atoms with van der Waals surface area (Å²) in [6, 6.07) is 11.0. The van der Waals surface area contributed by atoms with Gasteiger partial charge in [0.15, 0.2) is 6.61 Å². The number of urea groups is 1. The topological polar surface area (TPSA) is 122 Å². The van der Waals surface area contributed by atoms with Gasteiger partial charge in [0.05, 0.1) is 16.1 Å². The van der Waals surface area contributed by atoms with Crippen LogP contribution in [-0.4, -0.2) is 46.0 Å². The maximum absolute atomic E-state index is 13.0. The molecule has 1 aliphatic carbocycles. The Balaban J connectivity index is 1.60. The number of hydrogen-bond donors (Lipinski definition) is 2. The summed E-state index contributed by atoms with van der Waals surface area (Å²) in [5.41, 5.74) is 0.293. The molecule has 0 atom stereocenters. The molecule has 3 amide bonds. The summed E-state index contributed by atoms with van der Waals surface area (Å²) in [4.78, 5) is 35.9. The number of amides is 3. The van der Waals surface area contributed by atoms with E-state index in [1.54, 1.807) is 18.2 Å². The van der Waals surface area contributed by atoms with Gasteiger partial charge in [0.2, 0.25) is 0 Å². The van der Waals surface area contributed by atoms with Crippen LogP contribution in [0.2, 0.25) is 5.02 Å². The van der Waals surface area contributed by atoms with E-state index in [1.165, 1.54) is 31.3 Å². The number of esters is 1. The first-order chi connectivity index (χ1) is 15.7. The molecule has 0 saturated heterocycles. The highest BCUT2D eigenvalue weighted by atomic mass is 35.5. The van der Waals surface area contributed by atoms with Gasteiger partial charge in [-0.05, 0) is 49.2 Å². The van der Waals surface area contributed by atoms with Crippen LogP contribution in [0.4, 0.5) is 10.5 Å². The van der Waals surface area contributed by atoms with Crippen LogP contribution in [0, 0.1) is 0 Å². The average molecular weight is 494 g/mol. The van der Waals surface area contributed by atoms with Gasteiger partial charge in [-0.15, -0.1) is 0 Å². The summed E-state index contributed by atoms with van der Waals surface area (Å²) in [7, 11) is -2.62. The summed E-state index contributed by atoms with van der Waals surface area (Å²) in [5, 5.41) is 5.17. The molecule has 0 aliphatic heterocycles. The molecule has 0 radical (unpaired) electrons. The Labute approximate surface area is 197 Å². The Morgan fingerprint density at radius 1 is 1.09 bits per heavy atom. The molecule has 2 aromatic carbocycles. The van der Waals surface area contributed by atoms with Gasteiger partial charge >= 0.3 is 12.0 Å². The lowest BCUT2D eigenvalue weighted by Crippen LogP contribution is -2.45. The second-order valence-electron chi connectivity index (χ2n) is 7.56. The van der Waals surface area contributed by atoms with Gasteiger partial charge in [-0.25, -0.2) is 18.0 Å². The van der Waals surface area contributed by atoms with Crippen molar-refractivity contribution >= 4 is 45.2 Å². The average Bonchev–Trinajstić information content (AvgIpc) is 3.29. The zero-order valence-electron chi connectivity index (χ0n) is 17.9. The van der Waals surface area contributed by atoms with E-state index in [0.717, 1.165) is 36.1 Å². The zero-order chi connectivity index (χ0) is 24.0. The largest absolute Gasteiger partial charge is 0.452 e. The Bertz CT molecular complexity index is 1150. The molecule has 1 saturated carbocycles. The van der Waals surface area contributed by atoms with E-state index in [1.807, 2.05) is 0 Å². The van der Waals surface area contributed by atoms with Crippen molar-refractivity contribution < 1.29 is 27.5 Å². The first-order valence-corrected chi connectivity index (χ1v) is 12.1. The number of halogens is 1. The summed E-state index contributed by atoms with van der Waals surface area (Å²) in [6.07, 6.45) is 3.78. The van der Waals surface area contributed by atoms with Crippen LogP contribution in [0.5, 0.6) is 0 Å². The van der Waals surface area contributed by atoms with E-state index in [9.17, 15) is 22.8 Å². The van der Waals surface area contributed by atoms with Crippen molar-refractivity contribution in [2.24, 2.45) is 0 Å². The third-order valence-corrected chi connectivity index (χ3v) is 7.19. The van der Waals surface area contributed by atoms with Gasteiger partial charge in [0.1, 0.15) is 0 Å². The van der Waals surface area contributed by atoms with Gasteiger partial charge in [0, 0.05) is 18.1 Å². The van der Waals surface area contributed by atoms with E-state index >= 15 is 0 Å². The molecule has 0 heterocycles. The van der Waals surface area contributed by atoms with Gasteiger partial charge in [-0.3, -0.25) is 14.4 Å². The number of imide groups is 1. The van der Waals surface area contributed by atoms with E-state index in [2.05, 4.69) is 10.6 Å². The second kappa shape index (κ2) is 10.7. The van der Waals surface area contributed by atoms with Crippen molar-refractivity contribution in [3.05, 3.63) is 59.1 Å². The van der Waals surface area contributed by atoms with E-state index in [-0.39, 0.29) is 16.5 Å². The quantitative estimate of drug-likeness (QED) is 0.571. The fourth-order valence-electron chi connectivity index (χ4n) is 3.42. The number of benzene rings is 2.